The first kappa shape index (κ1) is 17.3. The Bertz CT molecular complexity index is 950. The summed E-state index contributed by atoms with van der Waals surface area (Å²) in [7, 11) is 0. The van der Waals surface area contributed by atoms with Gasteiger partial charge >= 0.3 is 6.18 Å². The Hall–Kier alpha value is -2.12. The molecule has 2 N–H and O–H groups in total. The number of anilines is 1. The molecule has 3 aromatic rings. The molecule has 2 heterocycles. The lowest BCUT2D eigenvalue weighted by Gasteiger charge is -2.33. The van der Waals surface area contributed by atoms with Crippen LogP contribution >= 0.6 is 11.3 Å². The van der Waals surface area contributed by atoms with Crippen LogP contribution in [-0.2, 0) is 12.0 Å². The molecule has 7 heteroatoms. The number of rotatable bonds is 2. The zero-order valence-corrected chi connectivity index (χ0v) is 14.8. The molecule has 1 aliphatic heterocycles. The van der Waals surface area contributed by atoms with Crippen LogP contribution in [0.5, 0.6) is 0 Å². The highest BCUT2D eigenvalue weighted by molar-refractivity contribution is 7.18. The molecule has 0 fully saturated rings. The third-order valence-corrected chi connectivity index (χ3v) is 5.84. The molecular formula is C19H17F3N2OS. The van der Waals surface area contributed by atoms with Crippen molar-refractivity contribution in [1.29, 1.82) is 0 Å². The molecule has 0 unspecified atom stereocenters. The van der Waals surface area contributed by atoms with Crippen LogP contribution in [-0.4, -0.2) is 22.8 Å². The first-order valence-electron chi connectivity index (χ1n) is 8.34. The Labute approximate surface area is 152 Å². The highest BCUT2D eigenvalue weighted by Gasteiger charge is 2.59. The van der Waals surface area contributed by atoms with Crippen molar-refractivity contribution in [3.05, 3.63) is 58.1 Å². The molecule has 0 bridgehead atoms. The van der Waals surface area contributed by atoms with Crippen LogP contribution in [0.3, 0.4) is 0 Å². The molecule has 2 aromatic carbocycles. The van der Waals surface area contributed by atoms with Gasteiger partial charge in [-0.1, -0.05) is 29.8 Å². The molecule has 0 spiro atoms. The maximum atomic E-state index is 14.2. The van der Waals surface area contributed by atoms with E-state index in [2.05, 4.69) is 10.3 Å². The minimum Gasteiger partial charge on any atom is -0.384 e. The number of alkyl halides is 3. The number of halogens is 3. The summed E-state index contributed by atoms with van der Waals surface area (Å²) in [6, 6.07) is 10.1. The number of para-hydroxylation sites is 1. The smallest absolute Gasteiger partial charge is 0.384 e. The van der Waals surface area contributed by atoms with Crippen LogP contribution in [0.15, 0.2) is 36.4 Å². The van der Waals surface area contributed by atoms with E-state index < -0.39 is 11.8 Å². The number of nitrogens with one attached hydrogen (secondary N) is 1. The second-order valence-corrected chi connectivity index (χ2v) is 7.60. The van der Waals surface area contributed by atoms with E-state index in [9.17, 15) is 18.3 Å². The van der Waals surface area contributed by atoms with E-state index >= 15 is 0 Å². The van der Waals surface area contributed by atoms with Gasteiger partial charge in [0.05, 0.1) is 10.2 Å². The molecule has 3 nitrogen and oxygen atoms in total. The summed E-state index contributed by atoms with van der Waals surface area (Å²) in [6.45, 7) is 2.32. The average Bonchev–Trinajstić information content (AvgIpc) is 3.03. The van der Waals surface area contributed by atoms with Crippen LogP contribution in [0.2, 0.25) is 0 Å². The van der Waals surface area contributed by atoms with Gasteiger partial charge in [0.15, 0.2) is 0 Å². The normalized spacial score (nSPS) is 16.8. The maximum absolute atomic E-state index is 14.2. The molecule has 1 aromatic heterocycles. The summed E-state index contributed by atoms with van der Waals surface area (Å²) in [5.41, 5.74) is -1.01. The first-order chi connectivity index (χ1) is 12.3. The van der Waals surface area contributed by atoms with Gasteiger partial charge in [-0.05, 0) is 37.5 Å². The summed E-state index contributed by atoms with van der Waals surface area (Å²) >= 11 is 0.874. The minimum atomic E-state index is -4.90. The molecule has 0 saturated carbocycles. The van der Waals surface area contributed by atoms with Gasteiger partial charge in [-0.25, -0.2) is 4.98 Å². The van der Waals surface area contributed by atoms with Crippen LogP contribution in [0.4, 0.5) is 18.9 Å². The van der Waals surface area contributed by atoms with E-state index in [4.69, 9.17) is 0 Å². The van der Waals surface area contributed by atoms with Gasteiger partial charge in [0.25, 0.3) is 0 Å². The van der Waals surface area contributed by atoms with E-state index in [1.165, 1.54) is 6.07 Å². The molecule has 136 valence electrons. The largest absolute Gasteiger partial charge is 0.428 e. The van der Waals surface area contributed by atoms with Crippen molar-refractivity contribution in [1.82, 2.24) is 4.98 Å². The van der Waals surface area contributed by atoms with Gasteiger partial charge in [0.2, 0.25) is 5.60 Å². The topological polar surface area (TPSA) is 45.2 Å². The molecule has 4 rings (SSSR count). The molecule has 1 atom stereocenters. The molecule has 0 radical (unpaired) electrons. The zero-order valence-electron chi connectivity index (χ0n) is 14.0. The highest BCUT2D eigenvalue weighted by atomic mass is 32.1. The van der Waals surface area contributed by atoms with Gasteiger partial charge in [-0.2, -0.15) is 13.2 Å². The second-order valence-electron chi connectivity index (χ2n) is 6.57. The highest BCUT2D eigenvalue weighted by Crippen LogP contribution is 2.50. The Kier molecular flexibility index (Phi) is 3.96. The van der Waals surface area contributed by atoms with Crippen molar-refractivity contribution in [2.75, 3.05) is 11.9 Å². The number of aliphatic hydroxyl groups is 1. The third-order valence-electron chi connectivity index (χ3n) is 4.69. The van der Waals surface area contributed by atoms with Gasteiger partial charge in [-0.3, -0.25) is 0 Å². The molecule has 0 amide bonds. The van der Waals surface area contributed by atoms with Crippen molar-refractivity contribution in [2.24, 2.45) is 0 Å². The van der Waals surface area contributed by atoms with E-state index in [0.29, 0.717) is 34.4 Å². The predicted octanol–water partition coefficient (Wildman–Crippen LogP) is 4.76. The standard InChI is InChI=1S/C19H17F3N2OS/c1-11-9-12-5-4-8-23-16(12)13(10-11)18(25,19(20,21)22)17-24-14-6-2-3-7-15(14)26-17/h2-3,6-7,9-10,23,25H,4-5,8H2,1H3/t18-/m0/s1. The first-order valence-corrected chi connectivity index (χ1v) is 9.15. The Morgan fingerprint density at radius 1 is 1.19 bits per heavy atom. The lowest BCUT2D eigenvalue weighted by molar-refractivity contribution is -0.248. The summed E-state index contributed by atoms with van der Waals surface area (Å²) in [5.74, 6) is 0. The van der Waals surface area contributed by atoms with Crippen molar-refractivity contribution in [3.63, 3.8) is 0 Å². The summed E-state index contributed by atoms with van der Waals surface area (Å²) in [6.07, 6.45) is -3.37. The number of thiazole rings is 1. The van der Waals surface area contributed by atoms with Gasteiger partial charge in [-0.15, -0.1) is 11.3 Å². The lowest BCUT2D eigenvalue weighted by Crippen LogP contribution is -2.44. The van der Waals surface area contributed by atoms with Crippen LogP contribution in [0.25, 0.3) is 10.2 Å². The van der Waals surface area contributed by atoms with Crippen molar-refractivity contribution < 1.29 is 18.3 Å². The molecule has 1 aliphatic rings. The quantitative estimate of drug-likeness (QED) is 0.676. The summed E-state index contributed by atoms with van der Waals surface area (Å²) < 4.78 is 43.2. The molecular weight excluding hydrogens is 361 g/mol. The molecule has 0 aliphatic carbocycles. The number of aromatic nitrogens is 1. The maximum Gasteiger partial charge on any atom is 0.428 e. The number of aryl methyl sites for hydroxylation is 2. The number of hydrogen-bond donors (Lipinski definition) is 2. The fraction of sp³-hybridized carbons (Fsp3) is 0.316. The third kappa shape index (κ3) is 2.57. The van der Waals surface area contributed by atoms with E-state index in [1.807, 2.05) is 6.07 Å². The van der Waals surface area contributed by atoms with Crippen molar-refractivity contribution in [2.45, 2.75) is 31.5 Å². The second kappa shape index (κ2) is 5.96. The van der Waals surface area contributed by atoms with Gasteiger partial charge < -0.3 is 10.4 Å². The minimum absolute atomic E-state index is 0.168. The van der Waals surface area contributed by atoms with Crippen molar-refractivity contribution in [3.8, 4) is 0 Å². The Balaban J connectivity index is 2.01. The van der Waals surface area contributed by atoms with E-state index in [1.54, 1.807) is 31.2 Å². The van der Waals surface area contributed by atoms with Gasteiger partial charge in [0, 0.05) is 17.8 Å². The lowest BCUT2D eigenvalue weighted by atomic mass is 9.86. The molecule has 0 saturated heterocycles. The average molecular weight is 378 g/mol. The number of fused-ring (bicyclic) bond motifs is 2. The summed E-state index contributed by atoms with van der Waals surface area (Å²) in [5, 5.41) is 13.8. The fourth-order valence-corrected chi connectivity index (χ4v) is 4.55. The monoisotopic (exact) mass is 378 g/mol. The fourth-order valence-electron chi connectivity index (χ4n) is 3.46. The predicted molar refractivity (Wildman–Crippen MR) is 96.7 cm³/mol. The van der Waals surface area contributed by atoms with Crippen LogP contribution in [0.1, 0.15) is 28.1 Å². The Morgan fingerprint density at radius 2 is 1.96 bits per heavy atom. The summed E-state index contributed by atoms with van der Waals surface area (Å²) in [4.78, 5) is 4.13. The zero-order chi connectivity index (χ0) is 18.5. The number of benzene rings is 2. The van der Waals surface area contributed by atoms with E-state index in [-0.39, 0.29) is 10.6 Å². The van der Waals surface area contributed by atoms with Gasteiger partial charge in [0.1, 0.15) is 5.01 Å². The van der Waals surface area contributed by atoms with Crippen molar-refractivity contribution >= 4 is 27.2 Å². The SMILES string of the molecule is Cc1cc2c(c([C@](O)(c3nc4ccccc4s3)C(F)(F)F)c1)NCCC2. The van der Waals surface area contributed by atoms with Crippen LogP contribution < -0.4 is 5.32 Å². The Morgan fingerprint density at radius 3 is 2.69 bits per heavy atom. The van der Waals surface area contributed by atoms with E-state index in [0.717, 1.165) is 23.3 Å². The number of nitrogens with zero attached hydrogens (tertiary/aromatic N) is 1. The number of hydrogen-bond acceptors (Lipinski definition) is 4. The molecule has 26 heavy (non-hydrogen) atoms. The van der Waals surface area contributed by atoms with Crippen LogP contribution in [0, 0.1) is 6.92 Å².